The maximum atomic E-state index is 11.3. The Bertz CT molecular complexity index is 1360. The summed E-state index contributed by atoms with van der Waals surface area (Å²) in [5, 5.41) is 10.2. The van der Waals surface area contributed by atoms with Gasteiger partial charge in [0.1, 0.15) is 17.9 Å². The van der Waals surface area contributed by atoms with E-state index in [0.29, 0.717) is 17.9 Å². The molecule has 1 aliphatic rings. The van der Waals surface area contributed by atoms with Crippen molar-refractivity contribution in [3.8, 4) is 16.9 Å². The number of carbonyl (C=O) groups is 1. The number of fused-ring (bicyclic) bond motifs is 1. The third kappa shape index (κ3) is 5.44. The van der Waals surface area contributed by atoms with Gasteiger partial charge in [-0.1, -0.05) is 36.4 Å². The van der Waals surface area contributed by atoms with Crippen molar-refractivity contribution in [3.63, 3.8) is 0 Å². The van der Waals surface area contributed by atoms with E-state index in [1.54, 1.807) is 18.4 Å². The van der Waals surface area contributed by atoms with Crippen LogP contribution in [0.25, 0.3) is 22.1 Å². The minimum atomic E-state index is -0.892. The van der Waals surface area contributed by atoms with E-state index in [1.165, 1.54) is 0 Å². The summed E-state index contributed by atoms with van der Waals surface area (Å²) in [6.45, 7) is 4.74. The number of furan rings is 1. The molecule has 4 aromatic rings. The number of aliphatic carboxylic acids is 1. The second kappa shape index (κ2) is 11.0. The van der Waals surface area contributed by atoms with E-state index in [4.69, 9.17) is 19.6 Å². The second-order valence-electron chi connectivity index (χ2n) is 9.03. The Balaban J connectivity index is 1.50. The van der Waals surface area contributed by atoms with Gasteiger partial charge in [-0.15, -0.1) is 0 Å². The molecule has 2 heterocycles. The van der Waals surface area contributed by atoms with Crippen LogP contribution in [0, 0.1) is 0 Å². The first-order chi connectivity index (χ1) is 17.6. The number of hydrogen-bond acceptors (Lipinski definition) is 6. The number of carboxylic acids is 1. The summed E-state index contributed by atoms with van der Waals surface area (Å²) in [6, 6.07) is 19.9. The Kier molecular flexibility index (Phi) is 7.32. The molecular weight excluding hydrogens is 456 g/mol. The minimum absolute atomic E-state index is 0.0896. The van der Waals surface area contributed by atoms with E-state index in [-0.39, 0.29) is 13.0 Å². The van der Waals surface area contributed by atoms with Gasteiger partial charge in [0.05, 0.1) is 25.9 Å². The second-order valence-corrected chi connectivity index (χ2v) is 9.03. The Morgan fingerprint density at radius 1 is 0.972 bits per heavy atom. The number of nitrogens with two attached hydrogens (primary N) is 1. The summed E-state index contributed by atoms with van der Waals surface area (Å²) < 4.78 is 17.7. The average molecular weight is 487 g/mol. The lowest BCUT2D eigenvalue weighted by molar-refractivity contribution is -0.136. The van der Waals surface area contributed by atoms with Crippen molar-refractivity contribution >= 4 is 16.9 Å². The van der Waals surface area contributed by atoms with Crippen molar-refractivity contribution < 1.29 is 23.8 Å². The molecule has 0 saturated carbocycles. The molecule has 7 nitrogen and oxygen atoms in total. The molecule has 0 spiro atoms. The van der Waals surface area contributed by atoms with Crippen molar-refractivity contribution in [3.05, 3.63) is 89.2 Å². The molecule has 0 atom stereocenters. The standard InChI is InChI=1S/C29H30N2O5/c30-16-20-4-3-6-21(12-20)23-13-24(17-31-8-10-34-11-9-31)29-26(14-23)25(19-36-29)18-35-27-7-2-1-5-22(27)15-28(32)33/h1-7,12-14,19H,8-11,15-18,30H2,(H,32,33). The number of morpholine rings is 1. The molecule has 0 amide bonds. The van der Waals surface area contributed by atoms with E-state index >= 15 is 0 Å². The van der Waals surface area contributed by atoms with Gasteiger partial charge in [0.25, 0.3) is 0 Å². The Morgan fingerprint density at radius 3 is 2.61 bits per heavy atom. The normalized spacial score (nSPS) is 14.2. The summed E-state index contributed by atoms with van der Waals surface area (Å²) in [6.07, 6.45) is 1.65. The van der Waals surface area contributed by atoms with E-state index in [2.05, 4.69) is 29.2 Å². The van der Waals surface area contributed by atoms with Crippen molar-refractivity contribution in [1.29, 1.82) is 0 Å². The lowest BCUT2D eigenvalue weighted by Crippen LogP contribution is -2.35. The van der Waals surface area contributed by atoms with E-state index in [0.717, 1.165) is 71.6 Å². The molecule has 0 radical (unpaired) electrons. The van der Waals surface area contributed by atoms with E-state index < -0.39 is 5.97 Å². The highest BCUT2D eigenvalue weighted by Gasteiger charge is 2.18. The highest BCUT2D eigenvalue weighted by atomic mass is 16.5. The van der Waals surface area contributed by atoms with Gasteiger partial charge in [-0.05, 0) is 41.0 Å². The Morgan fingerprint density at radius 2 is 1.81 bits per heavy atom. The first-order valence-electron chi connectivity index (χ1n) is 12.2. The molecule has 186 valence electrons. The number of carboxylic acid groups (broad SMARTS) is 1. The number of para-hydroxylation sites is 1. The van der Waals surface area contributed by atoms with Crippen LogP contribution in [0.2, 0.25) is 0 Å². The fourth-order valence-electron chi connectivity index (χ4n) is 4.64. The van der Waals surface area contributed by atoms with Gasteiger partial charge >= 0.3 is 5.97 Å². The van der Waals surface area contributed by atoms with E-state index in [1.807, 2.05) is 24.3 Å². The van der Waals surface area contributed by atoms with Crippen LogP contribution in [0.4, 0.5) is 0 Å². The summed E-state index contributed by atoms with van der Waals surface area (Å²) in [5.41, 5.74) is 12.7. The third-order valence-electron chi connectivity index (χ3n) is 6.52. The van der Waals surface area contributed by atoms with Crippen LogP contribution < -0.4 is 10.5 Å². The molecule has 1 fully saturated rings. The molecule has 0 aliphatic carbocycles. The molecule has 0 bridgehead atoms. The predicted molar refractivity (Wildman–Crippen MR) is 138 cm³/mol. The number of ether oxygens (including phenoxy) is 2. The molecule has 0 unspecified atom stereocenters. The molecule has 7 heteroatoms. The van der Waals surface area contributed by atoms with E-state index in [9.17, 15) is 9.90 Å². The van der Waals surface area contributed by atoms with Crippen LogP contribution >= 0.6 is 0 Å². The average Bonchev–Trinajstić information content (AvgIpc) is 3.32. The Labute approximate surface area is 210 Å². The van der Waals surface area contributed by atoms with Gasteiger partial charge in [-0.25, -0.2) is 0 Å². The SMILES string of the molecule is NCc1cccc(-c2cc(CN3CCOCC3)c3occ(COc4ccccc4CC(=O)O)c3c2)c1. The van der Waals surface area contributed by atoms with Gasteiger partial charge in [0, 0.05) is 48.3 Å². The molecular formula is C29H30N2O5. The molecule has 3 N–H and O–H groups in total. The van der Waals surface area contributed by atoms with Crippen LogP contribution in [0.5, 0.6) is 5.75 Å². The van der Waals surface area contributed by atoms with Crippen molar-refractivity contribution in [2.24, 2.45) is 5.73 Å². The van der Waals surface area contributed by atoms with Gasteiger partial charge in [0.2, 0.25) is 0 Å². The first-order valence-corrected chi connectivity index (χ1v) is 12.2. The summed E-state index contributed by atoms with van der Waals surface area (Å²) in [7, 11) is 0. The minimum Gasteiger partial charge on any atom is -0.488 e. The molecule has 3 aromatic carbocycles. The van der Waals surface area contributed by atoms with Crippen LogP contribution in [-0.4, -0.2) is 42.3 Å². The summed E-state index contributed by atoms with van der Waals surface area (Å²) in [5.74, 6) is -0.327. The van der Waals surface area contributed by atoms with Crippen molar-refractivity contribution in [2.75, 3.05) is 26.3 Å². The highest BCUT2D eigenvalue weighted by Crippen LogP contribution is 2.33. The van der Waals surface area contributed by atoms with Gasteiger partial charge in [-0.3, -0.25) is 9.69 Å². The van der Waals surface area contributed by atoms with Crippen molar-refractivity contribution in [2.45, 2.75) is 26.1 Å². The fourth-order valence-corrected chi connectivity index (χ4v) is 4.64. The molecule has 1 aliphatic heterocycles. The molecule has 36 heavy (non-hydrogen) atoms. The number of benzene rings is 3. The summed E-state index contributed by atoms with van der Waals surface area (Å²) >= 11 is 0. The maximum absolute atomic E-state index is 11.3. The van der Waals surface area contributed by atoms with Gasteiger partial charge in [-0.2, -0.15) is 0 Å². The topological polar surface area (TPSA) is 98.2 Å². The quantitative estimate of drug-likeness (QED) is 0.357. The van der Waals surface area contributed by atoms with Crippen LogP contribution in [0.3, 0.4) is 0 Å². The van der Waals surface area contributed by atoms with Crippen molar-refractivity contribution in [1.82, 2.24) is 4.90 Å². The fraction of sp³-hybridized carbons (Fsp3) is 0.276. The zero-order valence-corrected chi connectivity index (χ0v) is 20.1. The number of rotatable bonds is 9. The lowest BCUT2D eigenvalue weighted by Gasteiger charge is -2.26. The summed E-state index contributed by atoms with van der Waals surface area (Å²) in [4.78, 5) is 13.6. The monoisotopic (exact) mass is 486 g/mol. The number of nitrogens with zero attached hydrogens (tertiary/aromatic N) is 1. The van der Waals surface area contributed by atoms with Gasteiger partial charge < -0.3 is 24.7 Å². The zero-order valence-electron chi connectivity index (χ0n) is 20.1. The first kappa shape index (κ1) is 24.1. The van der Waals surface area contributed by atoms with Gasteiger partial charge in [0.15, 0.2) is 0 Å². The Hall–Kier alpha value is -3.65. The maximum Gasteiger partial charge on any atom is 0.307 e. The van der Waals surface area contributed by atoms with Crippen LogP contribution in [-0.2, 0) is 35.6 Å². The largest absolute Gasteiger partial charge is 0.488 e. The highest BCUT2D eigenvalue weighted by molar-refractivity contribution is 5.89. The molecule has 1 aromatic heterocycles. The van der Waals surface area contributed by atoms with Crippen LogP contribution in [0.15, 0.2) is 71.3 Å². The zero-order chi connectivity index (χ0) is 24.9. The third-order valence-corrected chi connectivity index (χ3v) is 6.52. The number of hydrogen-bond donors (Lipinski definition) is 2. The molecule has 1 saturated heterocycles. The van der Waals surface area contributed by atoms with Crippen LogP contribution in [0.1, 0.15) is 22.3 Å². The lowest BCUT2D eigenvalue weighted by atomic mass is 9.97. The smallest absolute Gasteiger partial charge is 0.307 e. The molecule has 5 rings (SSSR count). The predicted octanol–water partition coefficient (Wildman–Crippen LogP) is 4.60.